The molecule has 0 atom stereocenters. The molecule has 0 radical (unpaired) electrons. The standard InChI is InChI=1S/C50H73NO4/c1-4-7-10-13-16-19-22-25-28-32-41-37-42(33-29-26-23-20-17-14-11-8-5-2)46(43(38-41)34-30-27-24-21-18-15-12-9-6-3)40-55-47(52)39-44-35-31-36-45-48(44)50(54)51-49(45)53/h4-6,31,35-38H,1-3,7-30,32-34,39-40H2,(H,51,53,54). The van der Waals surface area contributed by atoms with Crippen LogP contribution < -0.4 is 5.32 Å². The van der Waals surface area contributed by atoms with Crippen LogP contribution in [0.15, 0.2) is 68.3 Å². The van der Waals surface area contributed by atoms with E-state index in [-0.39, 0.29) is 19.0 Å². The largest absolute Gasteiger partial charge is 0.461 e. The number of fused-ring (bicyclic) bond motifs is 1. The second-order valence-electron chi connectivity index (χ2n) is 15.8. The van der Waals surface area contributed by atoms with Gasteiger partial charge in [-0.3, -0.25) is 19.7 Å². The lowest BCUT2D eigenvalue weighted by molar-refractivity contribution is -0.144. The van der Waals surface area contributed by atoms with E-state index in [1.165, 1.54) is 144 Å². The van der Waals surface area contributed by atoms with Gasteiger partial charge in [-0.2, -0.15) is 0 Å². The molecule has 0 bridgehead atoms. The van der Waals surface area contributed by atoms with Crippen LogP contribution in [0.25, 0.3) is 0 Å². The fraction of sp³-hybridized carbons (Fsp3) is 0.580. The number of aryl methyl sites for hydroxylation is 3. The number of nitrogens with one attached hydrogen (secondary N) is 1. The normalized spacial score (nSPS) is 12.1. The van der Waals surface area contributed by atoms with E-state index in [0.717, 1.165) is 51.4 Å². The molecule has 2 amide bonds. The van der Waals surface area contributed by atoms with Gasteiger partial charge < -0.3 is 4.74 Å². The van der Waals surface area contributed by atoms with Gasteiger partial charge in [-0.15, -0.1) is 19.7 Å². The Hall–Kier alpha value is -3.73. The summed E-state index contributed by atoms with van der Waals surface area (Å²) in [5.41, 5.74) is 6.43. The molecule has 0 aliphatic carbocycles. The van der Waals surface area contributed by atoms with E-state index in [1.807, 2.05) is 18.2 Å². The van der Waals surface area contributed by atoms with Gasteiger partial charge in [0.05, 0.1) is 17.5 Å². The lowest BCUT2D eigenvalue weighted by atomic mass is 9.90. The van der Waals surface area contributed by atoms with Gasteiger partial charge in [-0.25, -0.2) is 0 Å². The Kier molecular flexibility index (Phi) is 23.8. The molecule has 5 nitrogen and oxygen atoms in total. The summed E-state index contributed by atoms with van der Waals surface area (Å²) in [7, 11) is 0. The van der Waals surface area contributed by atoms with Crippen LogP contribution in [0.4, 0.5) is 0 Å². The molecule has 1 aliphatic heterocycles. The van der Waals surface area contributed by atoms with Crippen LogP contribution in [0.3, 0.4) is 0 Å². The molecule has 302 valence electrons. The maximum atomic E-state index is 13.4. The molecule has 0 saturated heterocycles. The average Bonchev–Trinajstić information content (AvgIpc) is 3.48. The maximum Gasteiger partial charge on any atom is 0.310 e. The predicted molar refractivity (Wildman–Crippen MR) is 231 cm³/mol. The van der Waals surface area contributed by atoms with Gasteiger partial charge in [0.1, 0.15) is 6.61 Å². The molecule has 2 aromatic rings. The number of ether oxygens (including phenoxy) is 1. The van der Waals surface area contributed by atoms with Gasteiger partial charge in [0.15, 0.2) is 0 Å². The SMILES string of the molecule is C=CCCCCCCCCCc1cc(CCCCCCCCCC=C)c(COC(=O)Cc2cccc3c2C(=O)NC3=O)c(CCCCCCCCCC=C)c1. The summed E-state index contributed by atoms with van der Waals surface area (Å²) >= 11 is 0. The summed E-state index contributed by atoms with van der Waals surface area (Å²) in [6.45, 7) is 11.8. The first-order chi connectivity index (χ1) is 27.0. The number of unbranched alkanes of at least 4 members (excludes halogenated alkanes) is 21. The highest BCUT2D eigenvalue weighted by molar-refractivity contribution is 6.22. The fourth-order valence-electron chi connectivity index (χ4n) is 7.92. The number of carbonyl (C=O) groups excluding carboxylic acids is 3. The van der Waals surface area contributed by atoms with E-state index in [0.29, 0.717) is 16.7 Å². The summed E-state index contributed by atoms with van der Waals surface area (Å²) in [5, 5.41) is 2.35. The van der Waals surface area contributed by atoms with Crippen molar-refractivity contribution in [3.63, 3.8) is 0 Å². The summed E-state index contributed by atoms with van der Waals surface area (Å²) in [6.07, 6.45) is 38.8. The van der Waals surface area contributed by atoms with Gasteiger partial charge in [0.25, 0.3) is 11.8 Å². The van der Waals surface area contributed by atoms with Crippen LogP contribution in [0.1, 0.15) is 203 Å². The third kappa shape index (κ3) is 18.2. The van der Waals surface area contributed by atoms with E-state index in [4.69, 9.17) is 4.74 Å². The zero-order valence-corrected chi connectivity index (χ0v) is 34.4. The highest BCUT2D eigenvalue weighted by atomic mass is 16.5. The van der Waals surface area contributed by atoms with E-state index in [1.54, 1.807) is 18.2 Å². The van der Waals surface area contributed by atoms with E-state index >= 15 is 0 Å². The Bertz CT molecular complexity index is 1430. The second kappa shape index (κ2) is 28.6. The number of hydrogen-bond acceptors (Lipinski definition) is 4. The van der Waals surface area contributed by atoms with Crippen LogP contribution >= 0.6 is 0 Å². The highest BCUT2D eigenvalue weighted by Crippen LogP contribution is 2.27. The quantitative estimate of drug-likeness (QED) is 0.0334. The second-order valence-corrected chi connectivity index (χ2v) is 15.8. The van der Waals surface area contributed by atoms with Crippen LogP contribution in [0, 0.1) is 0 Å². The predicted octanol–water partition coefficient (Wildman–Crippen LogP) is 13.4. The lowest BCUT2D eigenvalue weighted by Gasteiger charge is -2.19. The van der Waals surface area contributed by atoms with Crippen LogP contribution in [0.5, 0.6) is 0 Å². The third-order valence-corrected chi connectivity index (χ3v) is 11.1. The zero-order valence-electron chi connectivity index (χ0n) is 34.4. The molecule has 5 heteroatoms. The van der Waals surface area contributed by atoms with E-state index < -0.39 is 11.8 Å². The van der Waals surface area contributed by atoms with Gasteiger partial charge in [-0.1, -0.05) is 139 Å². The fourth-order valence-corrected chi connectivity index (χ4v) is 7.92. The Morgan fingerprint density at radius 2 is 0.982 bits per heavy atom. The lowest BCUT2D eigenvalue weighted by Crippen LogP contribution is -2.20. The molecule has 3 rings (SSSR count). The first kappa shape index (κ1) is 45.7. The molecule has 55 heavy (non-hydrogen) atoms. The number of rotatable bonds is 34. The molecular formula is C50H73NO4. The topological polar surface area (TPSA) is 72.5 Å². The zero-order chi connectivity index (χ0) is 39.4. The minimum Gasteiger partial charge on any atom is -0.461 e. The molecule has 0 aromatic heterocycles. The minimum atomic E-state index is -0.444. The van der Waals surface area contributed by atoms with Gasteiger partial charge in [0.2, 0.25) is 0 Å². The number of imide groups is 1. The Morgan fingerprint density at radius 3 is 1.45 bits per heavy atom. The molecule has 0 saturated carbocycles. The maximum absolute atomic E-state index is 13.4. The van der Waals surface area contributed by atoms with E-state index in [9.17, 15) is 14.4 Å². The monoisotopic (exact) mass is 752 g/mol. The Labute approximate surface area is 334 Å². The van der Waals surface area contributed by atoms with Gasteiger partial charge in [0, 0.05) is 0 Å². The first-order valence-corrected chi connectivity index (χ1v) is 22.1. The van der Waals surface area contributed by atoms with Crippen molar-refractivity contribution in [1.29, 1.82) is 0 Å². The summed E-state index contributed by atoms with van der Waals surface area (Å²) in [6, 6.07) is 9.93. The number of hydrogen-bond donors (Lipinski definition) is 1. The highest BCUT2D eigenvalue weighted by Gasteiger charge is 2.30. The van der Waals surface area contributed by atoms with Crippen molar-refractivity contribution in [2.45, 2.75) is 186 Å². The van der Waals surface area contributed by atoms with Crippen molar-refractivity contribution >= 4 is 17.8 Å². The van der Waals surface area contributed by atoms with Crippen molar-refractivity contribution < 1.29 is 19.1 Å². The van der Waals surface area contributed by atoms with Crippen LogP contribution in [0.2, 0.25) is 0 Å². The summed E-state index contributed by atoms with van der Waals surface area (Å²) in [5.74, 6) is -1.23. The van der Waals surface area contributed by atoms with E-state index in [2.05, 4.69) is 37.2 Å². The number of esters is 1. The van der Waals surface area contributed by atoms with Crippen LogP contribution in [-0.2, 0) is 41.8 Å². The Balaban J connectivity index is 1.70. The van der Waals surface area contributed by atoms with Crippen molar-refractivity contribution in [2.75, 3.05) is 0 Å². The summed E-state index contributed by atoms with van der Waals surface area (Å²) in [4.78, 5) is 38.1. The van der Waals surface area contributed by atoms with Crippen molar-refractivity contribution in [2.24, 2.45) is 0 Å². The molecule has 1 heterocycles. The molecule has 0 spiro atoms. The third-order valence-electron chi connectivity index (χ3n) is 11.1. The average molecular weight is 752 g/mol. The number of carbonyl (C=O) groups is 3. The number of benzene rings is 2. The Morgan fingerprint density at radius 1 is 0.545 bits per heavy atom. The van der Waals surface area contributed by atoms with Crippen molar-refractivity contribution in [3.8, 4) is 0 Å². The van der Waals surface area contributed by atoms with Gasteiger partial charge >= 0.3 is 5.97 Å². The molecule has 1 aliphatic rings. The van der Waals surface area contributed by atoms with Gasteiger partial charge in [-0.05, 0) is 111 Å². The molecule has 2 aromatic carbocycles. The number of allylic oxidation sites excluding steroid dienone is 3. The summed E-state index contributed by atoms with van der Waals surface area (Å²) < 4.78 is 6.04. The van der Waals surface area contributed by atoms with Crippen LogP contribution in [-0.4, -0.2) is 17.8 Å². The molecular weight excluding hydrogens is 679 g/mol. The molecule has 1 N–H and O–H groups in total. The molecule has 0 unspecified atom stereocenters. The molecule has 0 fully saturated rings. The number of amides is 2. The first-order valence-electron chi connectivity index (χ1n) is 22.1. The smallest absolute Gasteiger partial charge is 0.310 e. The minimum absolute atomic E-state index is 0.0412. The van der Waals surface area contributed by atoms with Crippen molar-refractivity contribution in [1.82, 2.24) is 5.32 Å². The van der Waals surface area contributed by atoms with Crippen molar-refractivity contribution in [3.05, 3.63) is 107 Å².